The van der Waals surface area contributed by atoms with Gasteiger partial charge < -0.3 is 10.1 Å². The summed E-state index contributed by atoms with van der Waals surface area (Å²) in [5, 5.41) is 3.47. The monoisotopic (exact) mass is 301 g/mol. The van der Waals surface area contributed by atoms with Gasteiger partial charge in [-0.25, -0.2) is 4.39 Å². The Bertz CT molecular complexity index is 412. The van der Waals surface area contributed by atoms with Crippen molar-refractivity contribution in [1.29, 1.82) is 0 Å². The zero-order valence-corrected chi connectivity index (χ0v) is 11.7. The molecule has 1 aromatic carbocycles. The molecule has 0 amide bonds. The van der Waals surface area contributed by atoms with Crippen molar-refractivity contribution in [3.8, 4) is 0 Å². The van der Waals surface area contributed by atoms with Crippen molar-refractivity contribution in [2.45, 2.75) is 38.5 Å². The summed E-state index contributed by atoms with van der Waals surface area (Å²) in [7, 11) is 0. The number of benzene rings is 1. The second kappa shape index (κ2) is 5.04. The average Bonchev–Trinajstić information content (AvgIpc) is 2.61. The lowest BCUT2D eigenvalue weighted by Crippen LogP contribution is -2.47. The van der Waals surface area contributed by atoms with Gasteiger partial charge in [-0.15, -0.1) is 0 Å². The van der Waals surface area contributed by atoms with E-state index in [1.165, 1.54) is 6.07 Å². The van der Waals surface area contributed by atoms with Crippen LogP contribution in [-0.4, -0.2) is 18.2 Å². The molecule has 94 valence electrons. The van der Waals surface area contributed by atoms with Gasteiger partial charge in [0.1, 0.15) is 5.82 Å². The zero-order valence-electron chi connectivity index (χ0n) is 10.1. The molecule has 0 spiro atoms. The molecule has 2 nitrogen and oxygen atoms in total. The second-order valence-electron chi connectivity index (χ2n) is 4.77. The van der Waals surface area contributed by atoms with E-state index in [1.807, 2.05) is 0 Å². The molecule has 4 heteroatoms. The molecule has 1 saturated heterocycles. The molecule has 2 rings (SSSR count). The van der Waals surface area contributed by atoms with Gasteiger partial charge in [-0.3, -0.25) is 0 Å². The van der Waals surface area contributed by atoms with Gasteiger partial charge in [-0.2, -0.15) is 0 Å². The first-order chi connectivity index (χ1) is 8.01. The van der Waals surface area contributed by atoms with E-state index < -0.39 is 0 Å². The van der Waals surface area contributed by atoms with E-state index in [4.69, 9.17) is 4.74 Å². The molecular formula is C13H17BrFNO. The lowest BCUT2D eigenvalue weighted by Gasteiger charge is -2.29. The molecule has 0 bridgehead atoms. The van der Waals surface area contributed by atoms with Crippen LogP contribution in [0.15, 0.2) is 22.7 Å². The van der Waals surface area contributed by atoms with Gasteiger partial charge in [0.05, 0.1) is 6.10 Å². The minimum atomic E-state index is -0.203. The Balaban J connectivity index is 2.04. The van der Waals surface area contributed by atoms with E-state index >= 15 is 0 Å². The minimum Gasteiger partial charge on any atom is -0.377 e. The Hall–Kier alpha value is -0.450. The van der Waals surface area contributed by atoms with Crippen LogP contribution in [0.5, 0.6) is 0 Å². The summed E-state index contributed by atoms with van der Waals surface area (Å²) in [6.45, 7) is 5.65. The van der Waals surface area contributed by atoms with Crippen molar-refractivity contribution >= 4 is 15.9 Å². The van der Waals surface area contributed by atoms with E-state index in [2.05, 4.69) is 35.1 Å². The molecule has 1 fully saturated rings. The molecule has 1 aliphatic heterocycles. The zero-order chi connectivity index (χ0) is 12.5. The standard InChI is InChI=1S/C13H17BrFNO/c1-9-13(2,5-6-17-9)16-8-10-7-11(15)3-4-12(10)14/h3-4,7,9,16H,5-6,8H2,1-2H3. The van der Waals surface area contributed by atoms with Crippen LogP contribution in [0.2, 0.25) is 0 Å². The maximum absolute atomic E-state index is 13.1. The fourth-order valence-electron chi connectivity index (χ4n) is 2.04. The van der Waals surface area contributed by atoms with Crippen LogP contribution in [-0.2, 0) is 11.3 Å². The minimum absolute atomic E-state index is 0.0221. The quantitative estimate of drug-likeness (QED) is 0.925. The van der Waals surface area contributed by atoms with Gasteiger partial charge >= 0.3 is 0 Å². The average molecular weight is 302 g/mol. The third kappa shape index (κ3) is 2.87. The van der Waals surface area contributed by atoms with E-state index in [1.54, 1.807) is 12.1 Å². The Morgan fingerprint density at radius 2 is 2.35 bits per heavy atom. The Kier molecular flexibility index (Phi) is 3.85. The number of rotatable bonds is 3. The molecule has 1 aromatic rings. The van der Waals surface area contributed by atoms with Crippen molar-refractivity contribution < 1.29 is 9.13 Å². The van der Waals surface area contributed by atoms with Crippen LogP contribution >= 0.6 is 15.9 Å². The molecule has 0 aromatic heterocycles. The highest BCUT2D eigenvalue weighted by Crippen LogP contribution is 2.26. The smallest absolute Gasteiger partial charge is 0.123 e. The van der Waals surface area contributed by atoms with Crippen molar-refractivity contribution in [3.63, 3.8) is 0 Å². The highest BCUT2D eigenvalue weighted by molar-refractivity contribution is 9.10. The molecule has 2 unspecified atom stereocenters. The molecule has 2 atom stereocenters. The fraction of sp³-hybridized carbons (Fsp3) is 0.538. The lowest BCUT2D eigenvalue weighted by molar-refractivity contribution is 0.0881. The summed E-state index contributed by atoms with van der Waals surface area (Å²) >= 11 is 3.43. The van der Waals surface area contributed by atoms with Gasteiger partial charge in [-0.05, 0) is 44.0 Å². The highest BCUT2D eigenvalue weighted by Gasteiger charge is 2.36. The van der Waals surface area contributed by atoms with Crippen LogP contribution in [0.4, 0.5) is 4.39 Å². The molecular weight excluding hydrogens is 285 g/mol. The van der Waals surface area contributed by atoms with Crippen LogP contribution in [0.3, 0.4) is 0 Å². The number of ether oxygens (including phenoxy) is 1. The Morgan fingerprint density at radius 3 is 3.00 bits per heavy atom. The summed E-state index contributed by atoms with van der Waals surface area (Å²) in [5.74, 6) is -0.203. The number of hydrogen-bond acceptors (Lipinski definition) is 2. The first-order valence-corrected chi connectivity index (χ1v) is 6.61. The molecule has 1 N–H and O–H groups in total. The maximum Gasteiger partial charge on any atom is 0.123 e. The maximum atomic E-state index is 13.1. The molecule has 17 heavy (non-hydrogen) atoms. The molecule has 0 saturated carbocycles. The predicted octanol–water partition coefficient (Wildman–Crippen LogP) is 3.25. The first-order valence-electron chi connectivity index (χ1n) is 5.82. The summed E-state index contributed by atoms with van der Waals surface area (Å²) in [6, 6.07) is 4.75. The van der Waals surface area contributed by atoms with E-state index in [0.717, 1.165) is 23.1 Å². The summed E-state index contributed by atoms with van der Waals surface area (Å²) in [6.07, 6.45) is 1.18. The van der Waals surface area contributed by atoms with Crippen LogP contribution in [0.1, 0.15) is 25.8 Å². The van der Waals surface area contributed by atoms with E-state index in [-0.39, 0.29) is 17.5 Å². The number of halogens is 2. The van der Waals surface area contributed by atoms with Crippen molar-refractivity contribution in [2.75, 3.05) is 6.61 Å². The number of nitrogens with one attached hydrogen (secondary N) is 1. The highest BCUT2D eigenvalue weighted by atomic mass is 79.9. The molecule has 0 radical (unpaired) electrons. The largest absolute Gasteiger partial charge is 0.377 e. The van der Waals surface area contributed by atoms with Gasteiger partial charge in [0.2, 0.25) is 0 Å². The third-order valence-electron chi connectivity index (χ3n) is 3.58. The van der Waals surface area contributed by atoms with Crippen LogP contribution in [0.25, 0.3) is 0 Å². The van der Waals surface area contributed by atoms with Gasteiger partial charge in [-0.1, -0.05) is 15.9 Å². The van der Waals surface area contributed by atoms with Crippen LogP contribution in [0, 0.1) is 5.82 Å². The third-order valence-corrected chi connectivity index (χ3v) is 4.35. The van der Waals surface area contributed by atoms with Crippen molar-refractivity contribution in [1.82, 2.24) is 5.32 Å². The van der Waals surface area contributed by atoms with Crippen molar-refractivity contribution in [2.24, 2.45) is 0 Å². The Labute approximate surface area is 110 Å². The predicted molar refractivity (Wildman–Crippen MR) is 69.4 cm³/mol. The van der Waals surface area contributed by atoms with Crippen LogP contribution < -0.4 is 5.32 Å². The molecule has 0 aliphatic carbocycles. The van der Waals surface area contributed by atoms with E-state index in [0.29, 0.717) is 6.54 Å². The lowest BCUT2D eigenvalue weighted by atomic mass is 9.94. The Morgan fingerprint density at radius 1 is 1.59 bits per heavy atom. The summed E-state index contributed by atoms with van der Waals surface area (Å²) in [5.41, 5.74) is 0.913. The molecule has 1 heterocycles. The van der Waals surface area contributed by atoms with E-state index in [9.17, 15) is 4.39 Å². The first kappa shape index (κ1) is 13.0. The fourth-order valence-corrected chi connectivity index (χ4v) is 2.43. The van der Waals surface area contributed by atoms with Gasteiger partial charge in [0, 0.05) is 23.2 Å². The van der Waals surface area contributed by atoms with Crippen molar-refractivity contribution in [3.05, 3.63) is 34.1 Å². The second-order valence-corrected chi connectivity index (χ2v) is 5.62. The van der Waals surface area contributed by atoms with Gasteiger partial charge in [0.25, 0.3) is 0 Å². The SMILES string of the molecule is CC1OCCC1(C)NCc1cc(F)ccc1Br. The number of hydrogen-bond donors (Lipinski definition) is 1. The molecule has 1 aliphatic rings. The summed E-state index contributed by atoms with van der Waals surface area (Å²) in [4.78, 5) is 0. The summed E-state index contributed by atoms with van der Waals surface area (Å²) < 4.78 is 19.6. The topological polar surface area (TPSA) is 21.3 Å². The normalized spacial score (nSPS) is 28.6. The van der Waals surface area contributed by atoms with Gasteiger partial charge in [0.15, 0.2) is 0 Å².